The van der Waals surface area contributed by atoms with Crippen molar-refractivity contribution in [2.45, 2.75) is 77.4 Å². The zero-order valence-electron chi connectivity index (χ0n) is 21.3. The third-order valence-electron chi connectivity index (χ3n) is 9.99. The van der Waals surface area contributed by atoms with Crippen LogP contribution in [0.25, 0.3) is 0 Å². The van der Waals surface area contributed by atoms with E-state index in [0.717, 1.165) is 44.2 Å². The van der Waals surface area contributed by atoms with Gasteiger partial charge in [0.1, 0.15) is 0 Å². The van der Waals surface area contributed by atoms with Gasteiger partial charge in [0.25, 0.3) is 5.91 Å². The van der Waals surface area contributed by atoms with Gasteiger partial charge in [0.2, 0.25) is 0 Å². The molecular weight excluding hydrogens is 456 g/mol. The van der Waals surface area contributed by atoms with Crippen LogP contribution in [0, 0.1) is 28.6 Å². The summed E-state index contributed by atoms with van der Waals surface area (Å²) in [5.41, 5.74) is 3.06. The van der Waals surface area contributed by atoms with Gasteiger partial charge in [-0.25, -0.2) is 4.79 Å². The van der Waals surface area contributed by atoms with Crippen molar-refractivity contribution in [3.8, 4) is 0 Å². The molecule has 194 valence electrons. The Bertz CT molecular complexity index is 1070. The number of oxime groups is 1. The van der Waals surface area contributed by atoms with Gasteiger partial charge in [0.15, 0.2) is 12.6 Å². The van der Waals surface area contributed by atoms with Crippen molar-refractivity contribution in [1.82, 2.24) is 5.32 Å². The third-order valence-corrected chi connectivity index (χ3v) is 9.99. The number of allylic oxidation sites excluding steroid dienone is 2. The van der Waals surface area contributed by atoms with E-state index >= 15 is 0 Å². The van der Waals surface area contributed by atoms with Crippen LogP contribution < -0.4 is 5.32 Å². The van der Waals surface area contributed by atoms with Gasteiger partial charge in [-0.15, -0.1) is 0 Å². The van der Waals surface area contributed by atoms with Crippen LogP contribution in [0.1, 0.15) is 76.8 Å². The molecule has 3 fully saturated rings. The maximum absolute atomic E-state index is 12.3. The summed E-state index contributed by atoms with van der Waals surface area (Å²) >= 11 is 0. The van der Waals surface area contributed by atoms with E-state index in [1.54, 1.807) is 30.3 Å². The minimum absolute atomic E-state index is 0.0919. The molecule has 0 unspecified atom stereocenters. The van der Waals surface area contributed by atoms with Crippen molar-refractivity contribution in [1.29, 1.82) is 0 Å². The zero-order chi connectivity index (χ0) is 25.5. The smallest absolute Gasteiger partial charge is 0.330 e. The lowest BCUT2D eigenvalue weighted by atomic mass is 9.47. The topological polar surface area (TPSA) is 108 Å². The fraction of sp³-hybridized carbons (Fsp3) is 0.621. The molecule has 1 aromatic carbocycles. The van der Waals surface area contributed by atoms with Crippen molar-refractivity contribution in [2.24, 2.45) is 33.7 Å². The zero-order valence-corrected chi connectivity index (χ0v) is 21.3. The molecule has 3 saturated carbocycles. The molecule has 7 nitrogen and oxygen atoms in total. The lowest BCUT2D eigenvalue weighted by molar-refractivity contribution is -0.142. The second-order valence-corrected chi connectivity index (χ2v) is 11.7. The number of carbonyl (C=O) groups is 2. The monoisotopic (exact) mass is 494 g/mol. The predicted molar refractivity (Wildman–Crippen MR) is 136 cm³/mol. The van der Waals surface area contributed by atoms with E-state index in [-0.39, 0.29) is 23.5 Å². The molecule has 4 aliphatic rings. The SMILES string of the molecule is C[C@]12CC[C@@H]3[C@H](CCC4=C/C(=N\OCC(=O)N[C@H](C(=O)O)c5ccccc5)CC[C@@]43C)[C@H]1CC[C@H]2O. The van der Waals surface area contributed by atoms with Gasteiger partial charge in [-0.1, -0.05) is 54.9 Å². The maximum Gasteiger partial charge on any atom is 0.330 e. The van der Waals surface area contributed by atoms with Gasteiger partial charge >= 0.3 is 5.97 Å². The Hall–Kier alpha value is -2.67. The van der Waals surface area contributed by atoms with Crippen LogP contribution in [-0.2, 0) is 14.4 Å². The molecule has 0 aromatic heterocycles. The number of nitrogens with zero attached hydrogens (tertiary/aromatic N) is 1. The van der Waals surface area contributed by atoms with Crippen LogP contribution in [0.4, 0.5) is 0 Å². The highest BCUT2D eigenvalue weighted by atomic mass is 16.6. The number of nitrogens with one attached hydrogen (secondary N) is 1. The number of hydrogen-bond donors (Lipinski definition) is 3. The minimum atomic E-state index is -1.12. The van der Waals surface area contributed by atoms with Crippen LogP contribution in [0.5, 0.6) is 0 Å². The summed E-state index contributed by atoms with van der Waals surface area (Å²) in [4.78, 5) is 29.3. The fourth-order valence-electron chi connectivity index (χ4n) is 7.93. The van der Waals surface area contributed by atoms with E-state index in [1.165, 1.54) is 18.4 Å². The van der Waals surface area contributed by atoms with Crippen molar-refractivity contribution < 1.29 is 24.6 Å². The van der Waals surface area contributed by atoms with Crippen LogP contribution >= 0.6 is 0 Å². The first-order valence-corrected chi connectivity index (χ1v) is 13.4. The number of aliphatic carboxylic acids is 1. The number of hydrogen-bond acceptors (Lipinski definition) is 5. The molecule has 0 radical (unpaired) electrons. The maximum atomic E-state index is 12.3. The molecule has 0 heterocycles. The Labute approximate surface area is 213 Å². The number of benzene rings is 1. The number of carboxylic acids is 1. The summed E-state index contributed by atoms with van der Waals surface area (Å²) in [6.45, 7) is 4.41. The largest absolute Gasteiger partial charge is 0.479 e. The van der Waals surface area contributed by atoms with Crippen molar-refractivity contribution in [3.05, 3.63) is 47.5 Å². The Balaban J connectivity index is 1.21. The van der Waals surface area contributed by atoms with E-state index in [4.69, 9.17) is 4.84 Å². The molecule has 0 aliphatic heterocycles. The van der Waals surface area contributed by atoms with E-state index in [9.17, 15) is 19.8 Å². The van der Waals surface area contributed by atoms with Gasteiger partial charge in [0.05, 0.1) is 11.8 Å². The molecule has 3 N–H and O–H groups in total. The molecule has 0 spiro atoms. The third kappa shape index (κ3) is 4.36. The summed E-state index contributed by atoms with van der Waals surface area (Å²) in [5.74, 6) is 0.330. The molecule has 36 heavy (non-hydrogen) atoms. The summed E-state index contributed by atoms with van der Waals surface area (Å²) in [6.07, 6.45) is 10.5. The number of carboxylic acid groups (broad SMARTS) is 1. The van der Waals surface area contributed by atoms with Crippen molar-refractivity contribution in [3.63, 3.8) is 0 Å². The first-order valence-electron chi connectivity index (χ1n) is 13.4. The Kier molecular flexibility index (Phi) is 6.70. The summed E-state index contributed by atoms with van der Waals surface area (Å²) < 4.78 is 0. The van der Waals surface area contributed by atoms with Crippen LogP contribution in [0.15, 0.2) is 47.1 Å². The average molecular weight is 495 g/mol. The molecule has 4 aliphatic carbocycles. The molecule has 7 heteroatoms. The number of amides is 1. The van der Waals surface area contributed by atoms with Gasteiger partial charge in [-0.05, 0) is 91.6 Å². The lowest BCUT2D eigenvalue weighted by Gasteiger charge is -2.57. The second-order valence-electron chi connectivity index (χ2n) is 11.7. The molecule has 5 rings (SSSR count). The van der Waals surface area contributed by atoms with Crippen molar-refractivity contribution in [2.75, 3.05) is 6.61 Å². The number of rotatable bonds is 6. The van der Waals surface area contributed by atoms with Gasteiger partial charge in [-0.3, -0.25) is 4.79 Å². The molecular formula is C29H38N2O5. The number of carbonyl (C=O) groups excluding carboxylic acids is 1. The van der Waals surface area contributed by atoms with Gasteiger partial charge in [-0.2, -0.15) is 0 Å². The standard InChI is InChI=1S/C29H38N2O5/c1-28-14-12-20(31-36-17-25(33)30-26(27(34)35)18-6-4-3-5-7-18)16-19(28)8-9-21-22-10-11-24(32)29(22,2)15-13-23(21)28/h3-7,16,21-24,26,32H,8-15,17H2,1-2H3,(H,30,33)(H,34,35)/b31-20-/t21-,22-,23-,24-,26+,28+,29+/m1/s1. The summed E-state index contributed by atoms with van der Waals surface area (Å²) in [6, 6.07) is 7.48. The van der Waals surface area contributed by atoms with E-state index < -0.39 is 17.9 Å². The Morgan fingerprint density at radius 2 is 1.86 bits per heavy atom. The fourth-order valence-corrected chi connectivity index (χ4v) is 7.93. The normalized spacial score (nSPS) is 37.2. The first-order chi connectivity index (χ1) is 17.2. The molecule has 0 bridgehead atoms. The minimum Gasteiger partial charge on any atom is -0.479 e. The highest BCUT2D eigenvalue weighted by Gasteiger charge is 2.58. The number of aliphatic hydroxyl groups excluding tert-OH is 1. The number of aliphatic hydroxyl groups is 1. The summed E-state index contributed by atoms with van der Waals surface area (Å²) in [7, 11) is 0. The lowest BCUT2D eigenvalue weighted by Crippen LogP contribution is -2.51. The van der Waals surface area contributed by atoms with E-state index in [0.29, 0.717) is 23.3 Å². The highest BCUT2D eigenvalue weighted by molar-refractivity contribution is 5.96. The van der Waals surface area contributed by atoms with Gasteiger partial charge < -0.3 is 20.4 Å². The van der Waals surface area contributed by atoms with E-state index in [2.05, 4.69) is 30.4 Å². The molecule has 0 saturated heterocycles. The Morgan fingerprint density at radius 1 is 1.08 bits per heavy atom. The van der Waals surface area contributed by atoms with Crippen LogP contribution in [0.3, 0.4) is 0 Å². The molecule has 1 amide bonds. The highest BCUT2D eigenvalue weighted by Crippen LogP contribution is 2.65. The first kappa shape index (κ1) is 25.0. The quantitative estimate of drug-likeness (QED) is 0.500. The number of fused-ring (bicyclic) bond motifs is 5. The predicted octanol–water partition coefficient (Wildman–Crippen LogP) is 4.62. The van der Waals surface area contributed by atoms with E-state index in [1.807, 2.05) is 0 Å². The van der Waals surface area contributed by atoms with Gasteiger partial charge in [0, 0.05) is 0 Å². The Morgan fingerprint density at radius 3 is 2.61 bits per heavy atom. The summed E-state index contributed by atoms with van der Waals surface area (Å²) in [5, 5.41) is 26.9. The van der Waals surface area contributed by atoms with Crippen molar-refractivity contribution >= 4 is 17.6 Å². The molecule has 1 aromatic rings. The second kappa shape index (κ2) is 9.66. The molecule has 7 atom stereocenters. The average Bonchev–Trinajstić information content (AvgIpc) is 3.17. The van der Waals surface area contributed by atoms with Crippen LogP contribution in [-0.4, -0.2) is 40.5 Å². The van der Waals surface area contributed by atoms with Crippen LogP contribution in [0.2, 0.25) is 0 Å².